The highest BCUT2D eigenvalue weighted by molar-refractivity contribution is 5.94. The van der Waals surface area contributed by atoms with E-state index in [2.05, 4.69) is 10.1 Å². The first-order chi connectivity index (χ1) is 15.9. The molecule has 33 heavy (non-hydrogen) atoms. The molecular weight excluding hydrogens is 432 g/mol. The molecule has 2 aliphatic heterocycles. The smallest absolute Gasteiger partial charge is 0.407 e. The van der Waals surface area contributed by atoms with E-state index in [0.29, 0.717) is 16.2 Å². The van der Waals surface area contributed by atoms with Gasteiger partial charge in [-0.3, -0.25) is 14.4 Å². The molecule has 4 rings (SSSR count). The van der Waals surface area contributed by atoms with E-state index < -0.39 is 41.8 Å². The number of hydrogen-bond acceptors (Lipinski definition) is 8. The van der Waals surface area contributed by atoms with Gasteiger partial charge in [0.1, 0.15) is 12.6 Å². The van der Waals surface area contributed by atoms with Gasteiger partial charge >= 0.3 is 23.8 Å². The number of hydrogen-bond donors (Lipinski definition) is 1. The number of esters is 2. The zero-order chi connectivity index (χ0) is 23.4. The Morgan fingerprint density at radius 2 is 1.67 bits per heavy atom. The summed E-state index contributed by atoms with van der Waals surface area (Å²) in [5.41, 5.74) is -0.728. The molecule has 0 spiro atoms. The summed E-state index contributed by atoms with van der Waals surface area (Å²) in [5, 5.41) is 3.01. The molecule has 2 aromatic rings. The Morgan fingerprint density at radius 3 is 2.18 bits per heavy atom. The van der Waals surface area contributed by atoms with Gasteiger partial charge in [-0.25, -0.2) is 9.59 Å². The number of rotatable bonds is 6. The minimum atomic E-state index is -2.11. The van der Waals surface area contributed by atoms with Crippen LogP contribution in [0.5, 0.6) is 0 Å². The lowest BCUT2D eigenvalue weighted by atomic mass is 10.0. The lowest BCUT2D eigenvalue weighted by Gasteiger charge is -2.34. The number of amides is 2. The van der Waals surface area contributed by atoms with E-state index >= 15 is 0 Å². The molecule has 0 aliphatic carbocycles. The fourth-order valence-corrected chi connectivity index (χ4v) is 3.73. The van der Waals surface area contributed by atoms with Gasteiger partial charge in [0.05, 0.1) is 13.5 Å². The number of ether oxygens (including phenoxy) is 3. The SMILES string of the molecule is COC(=O)NC1CON(C2(C(=O)OC(c3ccccc3)c3ccccc3)CCC(=O)O2)C1=O. The van der Waals surface area contributed by atoms with Gasteiger partial charge in [-0.15, -0.1) is 0 Å². The Morgan fingerprint density at radius 1 is 1.06 bits per heavy atom. The van der Waals surface area contributed by atoms with Crippen LogP contribution in [0.25, 0.3) is 0 Å². The average molecular weight is 454 g/mol. The summed E-state index contributed by atoms with van der Waals surface area (Å²) < 4.78 is 15.7. The average Bonchev–Trinajstić information content (AvgIpc) is 3.41. The van der Waals surface area contributed by atoms with Gasteiger partial charge in [0.25, 0.3) is 5.91 Å². The van der Waals surface area contributed by atoms with Gasteiger partial charge in [0, 0.05) is 6.42 Å². The monoisotopic (exact) mass is 454 g/mol. The number of alkyl carbamates (subject to hydrolysis) is 1. The Kier molecular flexibility index (Phi) is 6.27. The zero-order valence-electron chi connectivity index (χ0n) is 17.8. The van der Waals surface area contributed by atoms with Crippen LogP contribution in [0.2, 0.25) is 0 Å². The normalized spacial score (nSPS) is 22.2. The third-order valence-corrected chi connectivity index (χ3v) is 5.37. The maximum atomic E-state index is 13.5. The van der Waals surface area contributed by atoms with E-state index in [0.717, 1.165) is 7.11 Å². The first-order valence-electron chi connectivity index (χ1n) is 10.3. The van der Waals surface area contributed by atoms with Crippen molar-refractivity contribution in [1.82, 2.24) is 10.4 Å². The van der Waals surface area contributed by atoms with Crippen molar-refractivity contribution in [3.05, 3.63) is 71.8 Å². The Labute approximate surface area is 189 Å². The predicted octanol–water partition coefficient (Wildman–Crippen LogP) is 1.85. The van der Waals surface area contributed by atoms with Gasteiger partial charge in [0.15, 0.2) is 6.10 Å². The summed E-state index contributed by atoms with van der Waals surface area (Å²) in [7, 11) is 1.15. The number of methoxy groups -OCH3 is 1. The predicted molar refractivity (Wildman–Crippen MR) is 111 cm³/mol. The van der Waals surface area contributed by atoms with Gasteiger partial charge < -0.3 is 19.5 Å². The van der Waals surface area contributed by atoms with E-state index in [9.17, 15) is 19.2 Å². The highest BCUT2D eigenvalue weighted by Gasteiger charge is 2.60. The summed E-state index contributed by atoms with van der Waals surface area (Å²) in [6.45, 7) is -0.263. The van der Waals surface area contributed by atoms with Crippen molar-refractivity contribution in [2.45, 2.75) is 30.7 Å². The molecular formula is C23H22N2O8. The fraction of sp³-hybridized carbons (Fsp3) is 0.304. The number of hydroxylamine groups is 2. The maximum absolute atomic E-state index is 13.5. The topological polar surface area (TPSA) is 120 Å². The molecule has 172 valence electrons. The van der Waals surface area contributed by atoms with Gasteiger partial charge in [-0.2, -0.15) is 5.06 Å². The van der Waals surface area contributed by atoms with E-state index in [1.54, 1.807) is 48.5 Å². The molecule has 2 atom stereocenters. The molecule has 2 heterocycles. The van der Waals surface area contributed by atoms with Crippen molar-refractivity contribution in [2.75, 3.05) is 13.7 Å². The third kappa shape index (κ3) is 4.37. The highest BCUT2D eigenvalue weighted by Crippen LogP contribution is 2.37. The highest BCUT2D eigenvalue weighted by atomic mass is 16.8. The van der Waals surface area contributed by atoms with Crippen LogP contribution in [0.4, 0.5) is 4.79 Å². The summed E-state index contributed by atoms with van der Waals surface area (Å²) in [5.74, 6) is -2.40. The van der Waals surface area contributed by atoms with Crippen LogP contribution in [-0.2, 0) is 33.4 Å². The molecule has 0 aromatic heterocycles. The number of cyclic esters (lactones) is 1. The van der Waals surface area contributed by atoms with Crippen LogP contribution in [0.15, 0.2) is 60.7 Å². The summed E-state index contributed by atoms with van der Waals surface area (Å²) in [6, 6.07) is 17.0. The van der Waals surface area contributed by atoms with Crippen molar-refractivity contribution in [1.29, 1.82) is 0 Å². The molecule has 0 bridgehead atoms. The van der Waals surface area contributed by atoms with Crippen molar-refractivity contribution in [3.8, 4) is 0 Å². The molecule has 10 nitrogen and oxygen atoms in total. The number of nitrogens with zero attached hydrogens (tertiary/aromatic N) is 1. The van der Waals surface area contributed by atoms with Crippen LogP contribution in [0.3, 0.4) is 0 Å². The van der Waals surface area contributed by atoms with Gasteiger partial charge in [0.2, 0.25) is 0 Å². The molecule has 2 fully saturated rings. The molecule has 2 unspecified atom stereocenters. The largest absolute Gasteiger partial charge is 0.453 e. The zero-order valence-corrected chi connectivity index (χ0v) is 17.8. The molecule has 10 heteroatoms. The van der Waals surface area contributed by atoms with Crippen molar-refractivity contribution in [2.24, 2.45) is 0 Å². The number of carbonyl (C=O) groups excluding carboxylic acids is 4. The molecule has 2 amide bonds. The van der Waals surface area contributed by atoms with E-state index in [1.807, 2.05) is 12.1 Å². The van der Waals surface area contributed by atoms with Crippen LogP contribution < -0.4 is 5.32 Å². The lowest BCUT2D eigenvalue weighted by molar-refractivity contribution is -0.260. The molecule has 0 saturated carbocycles. The molecule has 0 radical (unpaired) electrons. The first kappa shape index (κ1) is 22.3. The Hall–Kier alpha value is -3.92. The number of carbonyl (C=O) groups is 4. The number of nitrogens with one attached hydrogen (secondary N) is 1. The quantitative estimate of drug-likeness (QED) is 0.519. The molecule has 2 aromatic carbocycles. The van der Waals surface area contributed by atoms with Crippen LogP contribution in [0.1, 0.15) is 30.1 Å². The van der Waals surface area contributed by atoms with Crippen molar-refractivity contribution >= 4 is 23.9 Å². The second-order valence-corrected chi connectivity index (χ2v) is 7.48. The summed E-state index contributed by atoms with van der Waals surface area (Å²) in [6.07, 6.45) is -1.93. The minimum absolute atomic E-state index is 0.112. The maximum Gasteiger partial charge on any atom is 0.407 e. The molecule has 2 saturated heterocycles. The summed E-state index contributed by atoms with van der Waals surface area (Å²) >= 11 is 0. The molecule has 1 N–H and O–H groups in total. The van der Waals surface area contributed by atoms with Gasteiger partial charge in [-0.1, -0.05) is 60.7 Å². The summed E-state index contributed by atoms with van der Waals surface area (Å²) in [4.78, 5) is 55.4. The second kappa shape index (κ2) is 9.29. The van der Waals surface area contributed by atoms with Crippen molar-refractivity contribution < 1.29 is 38.2 Å². The van der Waals surface area contributed by atoms with Crippen molar-refractivity contribution in [3.63, 3.8) is 0 Å². The third-order valence-electron chi connectivity index (χ3n) is 5.37. The lowest BCUT2D eigenvalue weighted by Crippen LogP contribution is -2.57. The van der Waals surface area contributed by atoms with Gasteiger partial charge in [-0.05, 0) is 11.1 Å². The van der Waals surface area contributed by atoms with E-state index in [4.69, 9.17) is 14.3 Å². The fourth-order valence-electron chi connectivity index (χ4n) is 3.73. The minimum Gasteiger partial charge on any atom is -0.453 e. The van der Waals surface area contributed by atoms with E-state index in [1.165, 1.54) is 0 Å². The first-order valence-corrected chi connectivity index (χ1v) is 10.3. The van der Waals surface area contributed by atoms with Crippen LogP contribution >= 0.6 is 0 Å². The number of benzene rings is 2. The standard InChI is InChI=1S/C23H22N2O8/c1-30-22(29)24-17-14-31-25(20(17)27)23(13-12-18(26)33-23)21(28)32-19(15-8-4-2-5-9-15)16-10-6-3-7-11-16/h2-11,17,19H,12-14H2,1H3,(H,24,29). The second-order valence-electron chi connectivity index (χ2n) is 7.48. The van der Waals surface area contributed by atoms with E-state index in [-0.39, 0.29) is 19.4 Å². The Balaban J connectivity index is 1.63. The molecule has 2 aliphatic rings. The Bertz CT molecular complexity index is 1010. The van der Waals surface area contributed by atoms with Crippen LogP contribution in [-0.4, -0.2) is 54.5 Å². The van der Waals surface area contributed by atoms with Crippen LogP contribution in [0, 0.1) is 0 Å².